The Balaban J connectivity index is 2.29. The fourth-order valence-electron chi connectivity index (χ4n) is 2.35. The zero-order valence-electron chi connectivity index (χ0n) is 13.2. The summed E-state index contributed by atoms with van der Waals surface area (Å²) in [7, 11) is 1.21. The number of hydrogen-bond acceptors (Lipinski definition) is 5. The number of ether oxygens (including phenoxy) is 2. The van der Waals surface area contributed by atoms with Gasteiger partial charge in [-0.3, -0.25) is 0 Å². The van der Waals surface area contributed by atoms with E-state index in [0.29, 0.717) is 5.75 Å². The second-order valence-electron chi connectivity index (χ2n) is 4.96. The second-order valence-corrected chi connectivity index (χ2v) is 6.15. The van der Waals surface area contributed by atoms with Crippen molar-refractivity contribution < 1.29 is 27.8 Å². The second kappa shape index (κ2) is 8.10. The number of thioether (sulfide) groups is 1. The Morgan fingerprint density at radius 2 is 2.08 bits per heavy atom. The molecule has 0 N–H and O–H groups in total. The zero-order valence-corrected chi connectivity index (χ0v) is 14.0. The van der Waals surface area contributed by atoms with Crippen LogP contribution < -0.4 is 0 Å². The van der Waals surface area contributed by atoms with Gasteiger partial charge in [-0.05, 0) is 35.9 Å². The van der Waals surface area contributed by atoms with Crippen molar-refractivity contribution >= 4 is 23.0 Å². The van der Waals surface area contributed by atoms with E-state index in [-0.39, 0.29) is 23.3 Å². The smallest absolute Gasteiger partial charge is 0.372 e. The molecule has 1 aromatic rings. The van der Waals surface area contributed by atoms with Crippen LogP contribution in [-0.2, 0) is 14.3 Å². The Morgan fingerprint density at radius 1 is 1.33 bits per heavy atom. The van der Waals surface area contributed by atoms with Gasteiger partial charge in [0.2, 0.25) is 0 Å². The Morgan fingerprint density at radius 3 is 2.71 bits per heavy atom. The topological polar surface area (TPSA) is 52.6 Å². The Hall–Kier alpha value is -2.15. The van der Waals surface area contributed by atoms with E-state index in [1.807, 2.05) is 0 Å². The van der Waals surface area contributed by atoms with Gasteiger partial charge < -0.3 is 9.47 Å². The van der Waals surface area contributed by atoms with Crippen LogP contribution >= 0.6 is 11.8 Å². The number of methoxy groups -OCH3 is 1. The molecule has 0 aliphatic heterocycles. The first-order valence-corrected chi connectivity index (χ1v) is 8.24. The molecule has 0 fully saturated rings. The molecule has 0 amide bonds. The lowest BCUT2D eigenvalue weighted by Crippen LogP contribution is -2.16. The predicted molar refractivity (Wildman–Crippen MR) is 86.5 cm³/mol. The van der Waals surface area contributed by atoms with Gasteiger partial charge in [-0.25, -0.2) is 18.4 Å². The average molecular weight is 354 g/mol. The molecule has 0 heterocycles. The lowest BCUT2D eigenvalue weighted by Gasteiger charge is -2.21. The van der Waals surface area contributed by atoms with Crippen molar-refractivity contribution in [3.05, 3.63) is 58.9 Å². The SMILES string of the molecule is CCSC(=O)OC1=C(C(=O)OC)CC(c2ccc(F)cc2F)C=C1. The lowest BCUT2D eigenvalue weighted by atomic mass is 9.87. The molecule has 0 spiro atoms. The summed E-state index contributed by atoms with van der Waals surface area (Å²) in [6.45, 7) is 1.80. The van der Waals surface area contributed by atoms with E-state index < -0.39 is 28.8 Å². The molecule has 0 aromatic heterocycles. The normalized spacial score (nSPS) is 16.9. The fourth-order valence-corrected chi connectivity index (χ4v) is 2.73. The van der Waals surface area contributed by atoms with Crippen LogP contribution in [0.5, 0.6) is 0 Å². The molecule has 1 aromatic carbocycles. The molecular weight excluding hydrogens is 338 g/mol. The number of allylic oxidation sites excluding steroid dienone is 2. The number of halogens is 2. The Labute approximate surface area is 142 Å². The molecule has 0 bridgehead atoms. The third-order valence-corrected chi connectivity index (χ3v) is 4.06. The van der Waals surface area contributed by atoms with E-state index in [9.17, 15) is 18.4 Å². The van der Waals surface area contributed by atoms with Gasteiger partial charge in [0.1, 0.15) is 17.4 Å². The lowest BCUT2D eigenvalue weighted by molar-refractivity contribution is -0.136. The predicted octanol–water partition coefficient (Wildman–Crippen LogP) is 4.33. The van der Waals surface area contributed by atoms with E-state index in [1.165, 1.54) is 19.3 Å². The summed E-state index contributed by atoms with van der Waals surface area (Å²) in [4.78, 5) is 23.6. The quantitative estimate of drug-likeness (QED) is 0.754. The maximum atomic E-state index is 14.0. The standard InChI is InChI=1S/C17H16F2O4S/c1-3-24-17(21)23-15-7-4-10(8-13(15)16(20)22-2)12-6-5-11(18)9-14(12)19/h4-7,9-10H,3,8H2,1-2H3. The van der Waals surface area contributed by atoms with Crippen molar-refractivity contribution in [1.82, 2.24) is 0 Å². The fraction of sp³-hybridized carbons (Fsp3) is 0.294. The van der Waals surface area contributed by atoms with Crippen LogP contribution in [0.15, 0.2) is 41.7 Å². The van der Waals surface area contributed by atoms with Crippen molar-refractivity contribution in [2.45, 2.75) is 19.3 Å². The van der Waals surface area contributed by atoms with Gasteiger partial charge in [-0.1, -0.05) is 19.1 Å². The van der Waals surface area contributed by atoms with Gasteiger partial charge in [0.15, 0.2) is 0 Å². The summed E-state index contributed by atoms with van der Waals surface area (Å²) < 4.78 is 36.9. The number of hydrogen-bond donors (Lipinski definition) is 0. The Kier molecular flexibility index (Phi) is 6.14. The van der Waals surface area contributed by atoms with Crippen molar-refractivity contribution in [3.8, 4) is 0 Å². The summed E-state index contributed by atoms with van der Waals surface area (Å²) in [6, 6.07) is 3.28. The highest BCUT2D eigenvalue weighted by Crippen LogP contribution is 2.34. The minimum absolute atomic E-state index is 0.0884. The molecule has 1 aliphatic carbocycles. The van der Waals surface area contributed by atoms with Crippen LogP contribution in [0.25, 0.3) is 0 Å². The average Bonchev–Trinajstić information content (AvgIpc) is 2.55. The van der Waals surface area contributed by atoms with Gasteiger partial charge in [0.25, 0.3) is 0 Å². The maximum Gasteiger partial charge on any atom is 0.372 e. The first kappa shape index (κ1) is 18.2. The van der Waals surface area contributed by atoms with E-state index in [2.05, 4.69) is 0 Å². The third-order valence-electron chi connectivity index (χ3n) is 3.45. The minimum atomic E-state index is -0.698. The molecule has 1 aliphatic rings. The number of benzene rings is 1. The highest BCUT2D eigenvalue weighted by Gasteiger charge is 2.27. The Bertz CT molecular complexity index is 713. The molecule has 0 saturated carbocycles. The van der Waals surface area contributed by atoms with Crippen molar-refractivity contribution in [2.24, 2.45) is 0 Å². The summed E-state index contributed by atoms with van der Waals surface area (Å²) in [5.41, 5.74) is 0.390. The summed E-state index contributed by atoms with van der Waals surface area (Å²) in [5.74, 6) is -1.89. The van der Waals surface area contributed by atoms with Crippen LogP contribution in [0.2, 0.25) is 0 Å². The highest BCUT2D eigenvalue weighted by molar-refractivity contribution is 8.13. The molecule has 128 valence electrons. The zero-order chi connectivity index (χ0) is 17.7. The largest absolute Gasteiger partial charge is 0.466 e. The first-order chi connectivity index (χ1) is 11.5. The van der Waals surface area contributed by atoms with Crippen LogP contribution in [0, 0.1) is 11.6 Å². The number of esters is 1. The van der Waals surface area contributed by atoms with Crippen molar-refractivity contribution in [3.63, 3.8) is 0 Å². The number of rotatable bonds is 4. The van der Waals surface area contributed by atoms with E-state index >= 15 is 0 Å². The van der Waals surface area contributed by atoms with Crippen LogP contribution in [0.3, 0.4) is 0 Å². The van der Waals surface area contributed by atoms with E-state index in [1.54, 1.807) is 13.0 Å². The van der Waals surface area contributed by atoms with Crippen molar-refractivity contribution in [2.75, 3.05) is 12.9 Å². The summed E-state index contributed by atoms with van der Waals surface area (Å²) in [6.07, 6.45) is 3.14. The molecule has 4 nitrogen and oxygen atoms in total. The molecule has 0 saturated heterocycles. The maximum absolute atomic E-state index is 14.0. The molecule has 1 atom stereocenters. The highest BCUT2D eigenvalue weighted by atomic mass is 32.2. The molecule has 1 unspecified atom stereocenters. The third kappa shape index (κ3) is 4.23. The van der Waals surface area contributed by atoms with E-state index in [0.717, 1.165) is 23.9 Å². The molecule has 2 rings (SSSR count). The van der Waals surface area contributed by atoms with Gasteiger partial charge in [-0.15, -0.1) is 0 Å². The molecule has 24 heavy (non-hydrogen) atoms. The molecule has 7 heteroatoms. The first-order valence-electron chi connectivity index (χ1n) is 7.25. The van der Waals surface area contributed by atoms with Crippen molar-refractivity contribution in [1.29, 1.82) is 0 Å². The van der Waals surface area contributed by atoms with Crippen LogP contribution in [0.1, 0.15) is 24.8 Å². The van der Waals surface area contributed by atoms with Crippen LogP contribution in [-0.4, -0.2) is 24.1 Å². The molecular formula is C17H16F2O4S. The number of carbonyl (C=O) groups is 2. The van der Waals surface area contributed by atoms with Gasteiger partial charge >= 0.3 is 11.3 Å². The van der Waals surface area contributed by atoms with Gasteiger partial charge in [0, 0.05) is 17.7 Å². The van der Waals surface area contributed by atoms with Gasteiger partial charge in [-0.2, -0.15) is 0 Å². The summed E-state index contributed by atoms with van der Waals surface area (Å²) in [5, 5.41) is -0.537. The molecule has 0 radical (unpaired) electrons. The monoisotopic (exact) mass is 354 g/mol. The van der Waals surface area contributed by atoms with Crippen LogP contribution in [0.4, 0.5) is 13.6 Å². The van der Waals surface area contributed by atoms with E-state index in [4.69, 9.17) is 9.47 Å². The minimum Gasteiger partial charge on any atom is -0.466 e. The number of carbonyl (C=O) groups excluding carboxylic acids is 2. The van der Waals surface area contributed by atoms with Gasteiger partial charge in [0.05, 0.1) is 12.7 Å². The summed E-state index contributed by atoms with van der Waals surface area (Å²) >= 11 is 0.965.